The summed E-state index contributed by atoms with van der Waals surface area (Å²) in [5.41, 5.74) is 1.91. The van der Waals surface area contributed by atoms with Gasteiger partial charge in [-0.2, -0.15) is 0 Å². The highest BCUT2D eigenvalue weighted by Crippen LogP contribution is 2.23. The molecule has 1 aromatic carbocycles. The van der Waals surface area contributed by atoms with Crippen LogP contribution < -0.4 is 5.32 Å². The van der Waals surface area contributed by atoms with Crippen molar-refractivity contribution in [3.05, 3.63) is 41.2 Å². The summed E-state index contributed by atoms with van der Waals surface area (Å²) in [6, 6.07) is 6.36. The fourth-order valence-corrected chi connectivity index (χ4v) is 3.11. The van der Waals surface area contributed by atoms with Crippen LogP contribution in [0.2, 0.25) is 0 Å². The number of hydrogen-bond acceptors (Lipinski definition) is 4. The van der Waals surface area contributed by atoms with Crippen molar-refractivity contribution in [1.82, 2.24) is 10.3 Å². The Balaban J connectivity index is 1.83. The van der Waals surface area contributed by atoms with Crippen molar-refractivity contribution >= 4 is 22.1 Å². The molecule has 0 bridgehead atoms. The van der Waals surface area contributed by atoms with Crippen molar-refractivity contribution in [2.45, 2.75) is 13.0 Å². The Morgan fingerprint density at radius 1 is 1.35 bits per heavy atom. The molecule has 0 fully saturated rings. The van der Waals surface area contributed by atoms with E-state index in [2.05, 4.69) is 10.3 Å². The van der Waals surface area contributed by atoms with Gasteiger partial charge in [0, 0.05) is 40.3 Å². The fourth-order valence-electron chi connectivity index (χ4n) is 1.73. The summed E-state index contributed by atoms with van der Waals surface area (Å²) in [4.78, 5) is 4.52. The van der Waals surface area contributed by atoms with Crippen LogP contribution in [-0.2, 0) is 17.3 Å². The van der Waals surface area contributed by atoms with Gasteiger partial charge >= 0.3 is 0 Å². The second-order valence-corrected chi connectivity index (χ2v) is 6.87. The van der Waals surface area contributed by atoms with Crippen molar-refractivity contribution in [3.8, 4) is 10.6 Å². The molecule has 3 nitrogen and oxygen atoms in total. The SMILES string of the molecule is CS(=O)CCCNCc1csc(-c2ccc(F)cc2)n1. The van der Waals surface area contributed by atoms with E-state index < -0.39 is 10.8 Å². The molecule has 1 aromatic heterocycles. The highest BCUT2D eigenvalue weighted by Gasteiger charge is 2.04. The topological polar surface area (TPSA) is 42.0 Å². The van der Waals surface area contributed by atoms with Crippen molar-refractivity contribution in [2.24, 2.45) is 0 Å². The lowest BCUT2D eigenvalue weighted by atomic mass is 10.2. The minimum absolute atomic E-state index is 0.236. The molecule has 6 heteroatoms. The normalized spacial score (nSPS) is 12.5. The molecule has 0 amide bonds. The summed E-state index contributed by atoms with van der Waals surface area (Å²) >= 11 is 1.56. The van der Waals surface area contributed by atoms with Gasteiger partial charge in [-0.05, 0) is 37.2 Å². The van der Waals surface area contributed by atoms with E-state index in [4.69, 9.17) is 0 Å². The molecule has 0 radical (unpaired) electrons. The maximum atomic E-state index is 12.9. The van der Waals surface area contributed by atoms with Crippen molar-refractivity contribution < 1.29 is 8.60 Å². The molecule has 1 atom stereocenters. The molecule has 1 N–H and O–H groups in total. The molecular weight excluding hydrogens is 295 g/mol. The largest absolute Gasteiger partial charge is 0.311 e. The standard InChI is InChI=1S/C14H17FN2OS2/c1-20(18)8-2-7-16-9-13-10-19-14(17-13)11-3-5-12(15)6-4-11/h3-6,10,16H,2,7-9H2,1H3. The van der Waals surface area contributed by atoms with Crippen LogP contribution in [0.15, 0.2) is 29.6 Å². The Labute approximate surface area is 124 Å². The molecule has 0 aliphatic rings. The maximum absolute atomic E-state index is 12.9. The number of hydrogen-bond donors (Lipinski definition) is 1. The predicted molar refractivity (Wildman–Crippen MR) is 82.8 cm³/mol. The molecule has 0 saturated heterocycles. The third kappa shape index (κ3) is 4.77. The van der Waals surface area contributed by atoms with Crippen LogP contribution >= 0.6 is 11.3 Å². The quantitative estimate of drug-likeness (QED) is 0.799. The number of thiazole rings is 1. The van der Waals surface area contributed by atoms with Crippen LogP contribution in [0.1, 0.15) is 12.1 Å². The van der Waals surface area contributed by atoms with E-state index in [0.717, 1.165) is 35.0 Å². The smallest absolute Gasteiger partial charge is 0.123 e. The lowest BCUT2D eigenvalue weighted by molar-refractivity contribution is 0.628. The summed E-state index contributed by atoms with van der Waals surface area (Å²) in [6.07, 6.45) is 2.62. The summed E-state index contributed by atoms with van der Waals surface area (Å²) in [5.74, 6) is 0.491. The Morgan fingerprint density at radius 3 is 2.80 bits per heavy atom. The lowest BCUT2D eigenvalue weighted by Crippen LogP contribution is -2.16. The molecular formula is C14H17FN2OS2. The van der Waals surface area contributed by atoms with Crippen LogP contribution in [-0.4, -0.2) is 27.7 Å². The second kappa shape index (κ2) is 7.61. The minimum Gasteiger partial charge on any atom is -0.311 e. The molecule has 1 heterocycles. The Hall–Kier alpha value is -1.11. The van der Waals surface area contributed by atoms with E-state index in [1.54, 1.807) is 29.7 Å². The van der Waals surface area contributed by atoms with Crippen LogP contribution in [0.25, 0.3) is 10.6 Å². The molecule has 0 aliphatic heterocycles. The van der Waals surface area contributed by atoms with E-state index in [9.17, 15) is 8.60 Å². The number of rotatable bonds is 7. The first kappa shape index (κ1) is 15.3. The zero-order valence-electron chi connectivity index (χ0n) is 11.3. The van der Waals surface area contributed by atoms with Crippen molar-refractivity contribution in [1.29, 1.82) is 0 Å². The van der Waals surface area contributed by atoms with Gasteiger partial charge in [0.2, 0.25) is 0 Å². The van der Waals surface area contributed by atoms with E-state index in [0.29, 0.717) is 6.54 Å². The van der Waals surface area contributed by atoms with Crippen LogP contribution in [0.5, 0.6) is 0 Å². The van der Waals surface area contributed by atoms with Gasteiger partial charge in [0.05, 0.1) is 5.69 Å². The van der Waals surface area contributed by atoms with Crippen molar-refractivity contribution in [3.63, 3.8) is 0 Å². The first-order valence-corrected chi connectivity index (χ1v) is 8.97. The molecule has 0 saturated carbocycles. The summed E-state index contributed by atoms with van der Waals surface area (Å²) in [5, 5.41) is 6.18. The number of halogens is 1. The molecule has 20 heavy (non-hydrogen) atoms. The lowest BCUT2D eigenvalue weighted by Gasteiger charge is -2.01. The Bertz CT molecular complexity index is 569. The van der Waals surface area contributed by atoms with Gasteiger partial charge in [-0.25, -0.2) is 9.37 Å². The number of nitrogens with one attached hydrogen (secondary N) is 1. The molecule has 0 aliphatic carbocycles. The maximum Gasteiger partial charge on any atom is 0.123 e. The van der Waals surface area contributed by atoms with Gasteiger partial charge < -0.3 is 5.32 Å². The average Bonchev–Trinajstić information content (AvgIpc) is 2.87. The zero-order valence-corrected chi connectivity index (χ0v) is 12.9. The first-order chi connectivity index (χ1) is 9.65. The molecule has 2 aromatic rings. The first-order valence-electron chi connectivity index (χ1n) is 6.36. The Morgan fingerprint density at radius 2 is 2.10 bits per heavy atom. The number of aromatic nitrogens is 1. The third-order valence-electron chi connectivity index (χ3n) is 2.73. The summed E-state index contributed by atoms with van der Waals surface area (Å²) < 4.78 is 23.8. The number of benzene rings is 1. The van der Waals surface area contributed by atoms with Crippen LogP contribution in [0, 0.1) is 5.82 Å². The second-order valence-electron chi connectivity index (χ2n) is 4.46. The van der Waals surface area contributed by atoms with Gasteiger partial charge in [0.1, 0.15) is 10.8 Å². The van der Waals surface area contributed by atoms with Gasteiger partial charge in [0.25, 0.3) is 0 Å². The van der Waals surface area contributed by atoms with E-state index >= 15 is 0 Å². The monoisotopic (exact) mass is 312 g/mol. The minimum atomic E-state index is -0.721. The van der Waals surface area contributed by atoms with Crippen molar-refractivity contribution in [2.75, 3.05) is 18.6 Å². The predicted octanol–water partition coefficient (Wildman–Crippen LogP) is 2.81. The van der Waals surface area contributed by atoms with Gasteiger partial charge in [-0.15, -0.1) is 11.3 Å². The number of nitrogens with zero attached hydrogens (tertiary/aromatic N) is 1. The average molecular weight is 312 g/mol. The van der Waals surface area contributed by atoms with Gasteiger partial charge in [-0.1, -0.05) is 0 Å². The Kier molecular flexibility index (Phi) is 5.82. The molecule has 2 rings (SSSR count). The highest BCUT2D eigenvalue weighted by molar-refractivity contribution is 7.84. The molecule has 108 valence electrons. The van der Waals surface area contributed by atoms with Gasteiger partial charge in [-0.3, -0.25) is 4.21 Å². The van der Waals surface area contributed by atoms with Crippen LogP contribution in [0.4, 0.5) is 4.39 Å². The van der Waals surface area contributed by atoms with E-state index in [-0.39, 0.29) is 5.82 Å². The van der Waals surface area contributed by atoms with E-state index in [1.807, 2.05) is 5.38 Å². The third-order valence-corrected chi connectivity index (χ3v) is 4.54. The highest BCUT2D eigenvalue weighted by atomic mass is 32.2. The molecule has 1 unspecified atom stereocenters. The summed E-state index contributed by atoms with van der Waals surface area (Å²) in [6.45, 7) is 1.54. The molecule has 0 spiro atoms. The fraction of sp³-hybridized carbons (Fsp3) is 0.357. The van der Waals surface area contributed by atoms with E-state index in [1.165, 1.54) is 12.1 Å². The van der Waals surface area contributed by atoms with Gasteiger partial charge in [0.15, 0.2) is 0 Å². The zero-order chi connectivity index (χ0) is 14.4. The van der Waals surface area contributed by atoms with Crippen LogP contribution in [0.3, 0.4) is 0 Å². The summed E-state index contributed by atoms with van der Waals surface area (Å²) in [7, 11) is -0.721.